The Morgan fingerprint density at radius 1 is 1.45 bits per heavy atom. The normalized spacial score (nSPS) is 10.7. The molecule has 3 heterocycles. The monoisotopic (exact) mass is 288 g/mol. The highest BCUT2D eigenvalue weighted by molar-refractivity contribution is 7.10. The Kier molecular flexibility index (Phi) is 3.39. The number of nitrogens with zero attached hydrogens (tertiary/aromatic N) is 1. The molecule has 3 aromatic rings. The molecular weight excluding hydrogens is 276 g/mol. The summed E-state index contributed by atoms with van der Waals surface area (Å²) in [5.41, 5.74) is 1.31. The predicted octanol–water partition coefficient (Wildman–Crippen LogP) is 3.23. The van der Waals surface area contributed by atoms with Crippen LogP contribution < -0.4 is 5.32 Å². The molecule has 3 aromatic heterocycles. The molecule has 0 aliphatic carbocycles. The number of hydrogen-bond donors (Lipinski definition) is 1. The molecule has 0 spiro atoms. The Labute approximate surface area is 119 Å². The summed E-state index contributed by atoms with van der Waals surface area (Å²) in [6.07, 6.45) is 1.64. The van der Waals surface area contributed by atoms with Crippen molar-refractivity contribution in [3.63, 3.8) is 0 Å². The zero-order valence-corrected chi connectivity index (χ0v) is 11.6. The quantitative estimate of drug-likeness (QED) is 0.800. The number of carbonyl (C=O) groups excluding carboxylic acids is 1. The van der Waals surface area contributed by atoms with Gasteiger partial charge >= 0.3 is 0 Å². The summed E-state index contributed by atoms with van der Waals surface area (Å²) in [6.45, 7) is 2.20. The maximum absolute atomic E-state index is 11.8. The lowest BCUT2D eigenvalue weighted by Crippen LogP contribution is -2.22. The van der Waals surface area contributed by atoms with E-state index < -0.39 is 0 Å². The van der Waals surface area contributed by atoms with E-state index in [9.17, 15) is 4.79 Å². The van der Waals surface area contributed by atoms with Gasteiger partial charge in [-0.3, -0.25) is 4.79 Å². The standard InChI is InChI=1S/C14H12N2O3S/c1-9-5-12(16-19-9)14(17)15-7-11-6-10(8-20-11)13-3-2-4-18-13/h2-6,8H,7H2,1H3,(H,15,17). The SMILES string of the molecule is Cc1cc(C(=O)NCc2cc(-c3ccco3)cs2)no1. The van der Waals surface area contributed by atoms with Gasteiger partial charge in [-0.05, 0) is 25.1 Å². The van der Waals surface area contributed by atoms with E-state index in [1.54, 1.807) is 30.6 Å². The molecule has 20 heavy (non-hydrogen) atoms. The highest BCUT2D eigenvalue weighted by Crippen LogP contribution is 2.25. The predicted molar refractivity (Wildman–Crippen MR) is 74.4 cm³/mol. The van der Waals surface area contributed by atoms with Gasteiger partial charge in [-0.1, -0.05) is 5.16 Å². The van der Waals surface area contributed by atoms with Crippen LogP contribution in [0, 0.1) is 6.92 Å². The molecule has 0 aromatic carbocycles. The van der Waals surface area contributed by atoms with Gasteiger partial charge in [0.2, 0.25) is 0 Å². The molecule has 0 radical (unpaired) electrons. The van der Waals surface area contributed by atoms with Gasteiger partial charge in [-0.2, -0.15) is 0 Å². The molecule has 1 N–H and O–H groups in total. The van der Waals surface area contributed by atoms with Crippen molar-refractivity contribution in [1.82, 2.24) is 10.5 Å². The Balaban J connectivity index is 1.63. The number of nitrogens with one attached hydrogen (secondary N) is 1. The van der Waals surface area contributed by atoms with E-state index in [-0.39, 0.29) is 5.91 Å². The van der Waals surface area contributed by atoms with Crippen LogP contribution in [0.5, 0.6) is 0 Å². The topological polar surface area (TPSA) is 68.3 Å². The van der Waals surface area contributed by atoms with Crippen LogP contribution in [0.4, 0.5) is 0 Å². The van der Waals surface area contributed by atoms with E-state index in [0.29, 0.717) is 18.0 Å². The number of aryl methyl sites for hydroxylation is 1. The summed E-state index contributed by atoms with van der Waals surface area (Å²) in [5, 5.41) is 8.48. The summed E-state index contributed by atoms with van der Waals surface area (Å²) < 4.78 is 10.2. The maximum Gasteiger partial charge on any atom is 0.273 e. The average Bonchev–Trinajstić information content (AvgIpc) is 3.16. The van der Waals surface area contributed by atoms with Crippen molar-refractivity contribution in [1.29, 1.82) is 0 Å². The molecule has 5 nitrogen and oxygen atoms in total. The number of carbonyl (C=O) groups is 1. The van der Waals surface area contributed by atoms with Gasteiger partial charge in [0.05, 0.1) is 12.8 Å². The first-order valence-electron chi connectivity index (χ1n) is 6.05. The molecule has 6 heteroatoms. The van der Waals surface area contributed by atoms with Gasteiger partial charge in [0.1, 0.15) is 11.5 Å². The summed E-state index contributed by atoms with van der Waals surface area (Å²) in [4.78, 5) is 12.9. The van der Waals surface area contributed by atoms with Crippen LogP contribution in [0.3, 0.4) is 0 Å². The second kappa shape index (κ2) is 5.34. The first-order chi connectivity index (χ1) is 9.72. The first-order valence-corrected chi connectivity index (χ1v) is 6.93. The van der Waals surface area contributed by atoms with Crippen LogP contribution in [0.25, 0.3) is 11.3 Å². The van der Waals surface area contributed by atoms with Crippen molar-refractivity contribution in [2.75, 3.05) is 0 Å². The fraction of sp³-hybridized carbons (Fsp3) is 0.143. The third-order valence-corrected chi connectivity index (χ3v) is 3.68. The Bertz CT molecular complexity index is 712. The first kappa shape index (κ1) is 12.7. The third kappa shape index (κ3) is 2.65. The van der Waals surface area contributed by atoms with Crippen molar-refractivity contribution in [2.24, 2.45) is 0 Å². The zero-order valence-electron chi connectivity index (χ0n) is 10.8. The lowest BCUT2D eigenvalue weighted by atomic mass is 10.2. The average molecular weight is 288 g/mol. The maximum atomic E-state index is 11.8. The van der Waals surface area contributed by atoms with Gasteiger partial charge in [0, 0.05) is 21.9 Å². The van der Waals surface area contributed by atoms with Gasteiger partial charge < -0.3 is 14.3 Å². The Morgan fingerprint density at radius 2 is 2.35 bits per heavy atom. The summed E-state index contributed by atoms with van der Waals surface area (Å²) >= 11 is 1.57. The number of amides is 1. The second-order valence-corrected chi connectivity index (χ2v) is 5.28. The lowest BCUT2D eigenvalue weighted by Gasteiger charge is -1.99. The fourth-order valence-corrected chi connectivity index (χ4v) is 2.59. The van der Waals surface area contributed by atoms with Crippen molar-refractivity contribution in [3.8, 4) is 11.3 Å². The smallest absolute Gasteiger partial charge is 0.273 e. The Morgan fingerprint density at radius 3 is 3.05 bits per heavy atom. The highest BCUT2D eigenvalue weighted by Gasteiger charge is 2.11. The summed E-state index contributed by atoms with van der Waals surface area (Å²) in [6, 6.07) is 7.36. The van der Waals surface area contributed by atoms with E-state index in [4.69, 9.17) is 8.94 Å². The van der Waals surface area contributed by atoms with Gasteiger partial charge in [0.25, 0.3) is 5.91 Å². The molecular formula is C14H12N2O3S. The van der Waals surface area contributed by atoms with Crippen LogP contribution in [0.1, 0.15) is 21.1 Å². The largest absolute Gasteiger partial charge is 0.464 e. The van der Waals surface area contributed by atoms with Gasteiger partial charge in [-0.25, -0.2) is 0 Å². The van der Waals surface area contributed by atoms with Crippen LogP contribution in [0.15, 0.2) is 44.8 Å². The molecule has 0 unspecified atom stereocenters. The number of furan rings is 1. The summed E-state index contributed by atoms with van der Waals surface area (Å²) in [5.74, 6) is 1.20. The van der Waals surface area contributed by atoms with E-state index in [1.165, 1.54) is 0 Å². The zero-order chi connectivity index (χ0) is 13.9. The van der Waals surface area contributed by atoms with E-state index in [2.05, 4.69) is 10.5 Å². The molecule has 0 fully saturated rings. The van der Waals surface area contributed by atoms with Crippen LogP contribution in [-0.2, 0) is 6.54 Å². The number of rotatable bonds is 4. The highest BCUT2D eigenvalue weighted by atomic mass is 32.1. The van der Waals surface area contributed by atoms with Crippen LogP contribution >= 0.6 is 11.3 Å². The van der Waals surface area contributed by atoms with Crippen molar-refractivity contribution in [3.05, 3.63) is 52.2 Å². The molecule has 0 aliphatic heterocycles. The molecule has 0 aliphatic rings. The molecule has 0 atom stereocenters. The van der Waals surface area contributed by atoms with Crippen molar-refractivity contribution < 1.29 is 13.7 Å². The minimum Gasteiger partial charge on any atom is -0.464 e. The molecule has 3 rings (SSSR count). The van der Waals surface area contributed by atoms with E-state index in [1.807, 2.05) is 23.6 Å². The van der Waals surface area contributed by atoms with Crippen molar-refractivity contribution in [2.45, 2.75) is 13.5 Å². The number of aromatic nitrogens is 1. The van der Waals surface area contributed by atoms with E-state index in [0.717, 1.165) is 16.2 Å². The van der Waals surface area contributed by atoms with Crippen LogP contribution in [-0.4, -0.2) is 11.1 Å². The molecule has 0 saturated carbocycles. The minimum absolute atomic E-state index is 0.241. The van der Waals surface area contributed by atoms with Crippen LogP contribution in [0.2, 0.25) is 0 Å². The molecule has 0 saturated heterocycles. The molecule has 102 valence electrons. The number of thiophene rings is 1. The lowest BCUT2D eigenvalue weighted by molar-refractivity contribution is 0.0942. The Hall–Kier alpha value is -2.34. The van der Waals surface area contributed by atoms with E-state index >= 15 is 0 Å². The third-order valence-electron chi connectivity index (χ3n) is 2.74. The van der Waals surface area contributed by atoms with Gasteiger partial charge in [0.15, 0.2) is 5.69 Å². The number of hydrogen-bond acceptors (Lipinski definition) is 5. The fourth-order valence-electron chi connectivity index (χ4n) is 1.78. The minimum atomic E-state index is -0.241. The molecule has 0 bridgehead atoms. The second-order valence-electron chi connectivity index (χ2n) is 4.28. The molecule has 1 amide bonds. The van der Waals surface area contributed by atoms with Crippen molar-refractivity contribution >= 4 is 17.2 Å². The van der Waals surface area contributed by atoms with Gasteiger partial charge in [-0.15, -0.1) is 11.3 Å². The summed E-state index contributed by atoms with van der Waals surface area (Å²) in [7, 11) is 0.